The van der Waals surface area contributed by atoms with Crippen molar-refractivity contribution in [1.82, 2.24) is 5.32 Å². The number of nitrogens with one attached hydrogen (secondary N) is 1. The first-order valence-electron chi connectivity index (χ1n) is 6.63. The fraction of sp³-hybridized carbons (Fsp3) is 0.188. The number of thiophene rings is 1. The molecule has 0 saturated carbocycles. The van der Waals surface area contributed by atoms with E-state index in [4.69, 9.17) is 16.9 Å². The third kappa shape index (κ3) is 4.69. The van der Waals surface area contributed by atoms with Crippen LogP contribution in [0.25, 0.3) is 0 Å². The molecule has 0 spiro atoms. The van der Waals surface area contributed by atoms with Crippen LogP contribution in [0.5, 0.6) is 0 Å². The Hall–Kier alpha value is -2.16. The maximum absolute atomic E-state index is 11.9. The van der Waals surface area contributed by atoms with Gasteiger partial charge in [-0.2, -0.15) is 5.26 Å². The lowest BCUT2D eigenvalue weighted by Gasteiger charge is -2.05. The van der Waals surface area contributed by atoms with E-state index in [-0.39, 0.29) is 24.5 Å². The van der Waals surface area contributed by atoms with Crippen molar-refractivity contribution in [1.29, 1.82) is 5.26 Å². The van der Waals surface area contributed by atoms with Gasteiger partial charge in [-0.15, -0.1) is 11.3 Å². The number of halogens is 1. The van der Waals surface area contributed by atoms with E-state index in [1.165, 1.54) is 11.3 Å². The van der Waals surface area contributed by atoms with Crippen LogP contribution in [0, 0.1) is 11.3 Å². The zero-order valence-electron chi connectivity index (χ0n) is 11.6. The van der Waals surface area contributed by atoms with Crippen molar-refractivity contribution in [2.24, 2.45) is 0 Å². The number of carbonyl (C=O) groups is 2. The number of amides is 1. The van der Waals surface area contributed by atoms with E-state index < -0.39 is 0 Å². The van der Waals surface area contributed by atoms with Gasteiger partial charge in [-0.05, 0) is 29.8 Å². The van der Waals surface area contributed by atoms with Crippen LogP contribution in [0.2, 0.25) is 4.34 Å². The predicted molar refractivity (Wildman–Crippen MR) is 85.9 cm³/mol. The molecule has 0 atom stereocenters. The fourth-order valence-electron chi connectivity index (χ4n) is 1.85. The van der Waals surface area contributed by atoms with E-state index in [1.54, 1.807) is 30.3 Å². The summed E-state index contributed by atoms with van der Waals surface area (Å²) in [5, 5.41) is 11.6. The number of benzene rings is 1. The monoisotopic (exact) mass is 332 g/mol. The van der Waals surface area contributed by atoms with Crippen LogP contribution in [-0.4, -0.2) is 11.7 Å². The van der Waals surface area contributed by atoms with Crippen LogP contribution in [0.4, 0.5) is 0 Å². The van der Waals surface area contributed by atoms with Gasteiger partial charge in [0.25, 0.3) is 0 Å². The van der Waals surface area contributed by atoms with Crippen molar-refractivity contribution in [3.63, 3.8) is 0 Å². The Morgan fingerprint density at radius 1 is 1.23 bits per heavy atom. The second-order valence-electron chi connectivity index (χ2n) is 4.62. The Morgan fingerprint density at radius 3 is 2.73 bits per heavy atom. The highest BCUT2D eigenvalue weighted by molar-refractivity contribution is 7.18. The normalized spacial score (nSPS) is 10.0. The highest BCUT2D eigenvalue weighted by Crippen LogP contribution is 2.22. The summed E-state index contributed by atoms with van der Waals surface area (Å²) in [5.74, 6) is -0.281. The lowest BCUT2D eigenvalue weighted by atomic mass is 10.1. The SMILES string of the molecule is N#Cc1cccc(CNC(=O)CCC(=O)c2ccc(Cl)s2)c1. The standard InChI is InChI=1S/C16H13ClN2O2S/c17-15-6-5-14(22-15)13(20)4-7-16(21)19-10-12-3-1-2-11(8-12)9-18/h1-3,5-6,8H,4,7,10H2,(H,19,21). The van der Waals surface area contributed by atoms with Crippen molar-refractivity contribution in [2.45, 2.75) is 19.4 Å². The molecule has 4 nitrogen and oxygen atoms in total. The summed E-state index contributed by atoms with van der Waals surface area (Å²) in [6, 6.07) is 12.4. The summed E-state index contributed by atoms with van der Waals surface area (Å²) >= 11 is 6.99. The van der Waals surface area contributed by atoms with E-state index in [9.17, 15) is 9.59 Å². The molecule has 0 radical (unpaired) electrons. The van der Waals surface area contributed by atoms with E-state index in [1.807, 2.05) is 12.1 Å². The molecule has 0 aliphatic carbocycles. The van der Waals surface area contributed by atoms with Crippen LogP contribution in [-0.2, 0) is 11.3 Å². The summed E-state index contributed by atoms with van der Waals surface area (Å²) in [7, 11) is 0. The minimum Gasteiger partial charge on any atom is -0.352 e. The molecule has 2 rings (SSSR count). The second-order valence-corrected chi connectivity index (χ2v) is 6.33. The molecule has 1 aromatic heterocycles. The first-order valence-corrected chi connectivity index (χ1v) is 7.82. The molecule has 22 heavy (non-hydrogen) atoms. The highest BCUT2D eigenvalue weighted by Gasteiger charge is 2.11. The molecule has 1 amide bonds. The Kier molecular flexibility index (Phi) is 5.70. The van der Waals surface area contributed by atoms with Gasteiger partial charge in [0.1, 0.15) is 0 Å². The number of nitriles is 1. The second kappa shape index (κ2) is 7.74. The molecular weight excluding hydrogens is 320 g/mol. The van der Waals surface area contributed by atoms with Gasteiger partial charge in [-0.3, -0.25) is 9.59 Å². The van der Waals surface area contributed by atoms with Crippen LogP contribution >= 0.6 is 22.9 Å². The van der Waals surface area contributed by atoms with Crippen LogP contribution in [0.3, 0.4) is 0 Å². The summed E-state index contributed by atoms with van der Waals surface area (Å²) in [4.78, 5) is 24.2. The molecule has 0 saturated heterocycles. The molecule has 1 heterocycles. The minimum atomic E-state index is -0.196. The maximum atomic E-state index is 11.9. The van der Waals surface area contributed by atoms with E-state index in [2.05, 4.69) is 5.32 Å². The number of nitrogens with zero attached hydrogens (tertiary/aromatic N) is 1. The number of hydrogen-bond acceptors (Lipinski definition) is 4. The molecule has 1 N–H and O–H groups in total. The summed E-state index contributed by atoms with van der Waals surface area (Å²) in [6.45, 7) is 0.341. The predicted octanol–water partition coefficient (Wildman–Crippen LogP) is 3.55. The lowest BCUT2D eigenvalue weighted by Crippen LogP contribution is -2.23. The van der Waals surface area contributed by atoms with Crippen LogP contribution in [0.1, 0.15) is 33.6 Å². The fourth-order valence-corrected chi connectivity index (χ4v) is 2.86. The van der Waals surface area contributed by atoms with Crippen LogP contribution < -0.4 is 5.32 Å². The largest absolute Gasteiger partial charge is 0.352 e. The van der Waals surface area contributed by atoms with Crippen molar-refractivity contribution >= 4 is 34.6 Å². The number of rotatable bonds is 6. The Labute approximate surface area is 137 Å². The van der Waals surface area contributed by atoms with E-state index in [0.717, 1.165) is 5.56 Å². The summed E-state index contributed by atoms with van der Waals surface area (Å²) in [5.41, 5.74) is 1.40. The molecule has 0 fully saturated rings. The van der Waals surface area contributed by atoms with Gasteiger partial charge >= 0.3 is 0 Å². The summed E-state index contributed by atoms with van der Waals surface area (Å²) in [6.07, 6.45) is 0.285. The van der Waals surface area contributed by atoms with Crippen LogP contribution in [0.15, 0.2) is 36.4 Å². The Balaban J connectivity index is 1.78. The van der Waals surface area contributed by atoms with Crippen molar-refractivity contribution < 1.29 is 9.59 Å². The van der Waals surface area contributed by atoms with Crippen molar-refractivity contribution in [3.05, 3.63) is 56.7 Å². The van der Waals surface area contributed by atoms with Crippen molar-refractivity contribution in [3.8, 4) is 6.07 Å². The molecule has 0 aliphatic heterocycles. The molecule has 1 aromatic carbocycles. The molecular formula is C16H13ClN2O2S. The number of ketones is 1. The first kappa shape index (κ1) is 16.2. The quantitative estimate of drug-likeness (QED) is 0.822. The van der Waals surface area contributed by atoms with Gasteiger partial charge in [0.2, 0.25) is 5.91 Å². The third-order valence-electron chi connectivity index (χ3n) is 2.97. The van der Waals surface area contributed by atoms with Crippen molar-refractivity contribution in [2.75, 3.05) is 0 Å². The molecule has 112 valence electrons. The summed E-state index contributed by atoms with van der Waals surface area (Å²) < 4.78 is 0.560. The molecule has 6 heteroatoms. The lowest BCUT2D eigenvalue weighted by molar-refractivity contribution is -0.121. The molecule has 0 bridgehead atoms. The third-order valence-corrected chi connectivity index (χ3v) is 4.25. The molecule has 0 unspecified atom stereocenters. The molecule has 2 aromatic rings. The minimum absolute atomic E-state index is 0.0847. The van der Waals surface area contributed by atoms with E-state index >= 15 is 0 Å². The topological polar surface area (TPSA) is 70.0 Å². The van der Waals surface area contributed by atoms with Gasteiger partial charge < -0.3 is 5.32 Å². The van der Waals surface area contributed by atoms with E-state index in [0.29, 0.717) is 21.3 Å². The first-order chi connectivity index (χ1) is 10.6. The average molecular weight is 333 g/mol. The number of hydrogen-bond donors (Lipinski definition) is 1. The maximum Gasteiger partial charge on any atom is 0.220 e. The van der Waals surface area contributed by atoms with Gasteiger partial charge in [-0.1, -0.05) is 23.7 Å². The molecule has 0 aliphatic rings. The highest BCUT2D eigenvalue weighted by atomic mass is 35.5. The average Bonchev–Trinajstić information content (AvgIpc) is 2.97. The van der Waals surface area contributed by atoms with Gasteiger partial charge in [0.15, 0.2) is 5.78 Å². The smallest absolute Gasteiger partial charge is 0.220 e. The van der Waals surface area contributed by atoms with Gasteiger partial charge in [0, 0.05) is 19.4 Å². The van der Waals surface area contributed by atoms with Gasteiger partial charge in [0.05, 0.1) is 20.8 Å². The van der Waals surface area contributed by atoms with Gasteiger partial charge in [-0.25, -0.2) is 0 Å². The zero-order chi connectivity index (χ0) is 15.9. The Morgan fingerprint density at radius 2 is 2.05 bits per heavy atom. The Bertz CT molecular complexity index is 734. The zero-order valence-corrected chi connectivity index (χ0v) is 13.2. The number of carbonyl (C=O) groups excluding carboxylic acids is 2. The number of Topliss-reactive ketones (excluding diaryl/α,β-unsaturated/α-hetero) is 1.